The second-order valence-corrected chi connectivity index (χ2v) is 4.28. The minimum atomic E-state index is -0.659. The molecule has 3 nitrogen and oxygen atoms in total. The SMILES string of the molecule is COc1cccc(OC)c1C(O)Cc1ccccc1. The van der Waals surface area contributed by atoms with Gasteiger partial charge in [-0.1, -0.05) is 36.4 Å². The summed E-state index contributed by atoms with van der Waals surface area (Å²) in [5, 5.41) is 10.4. The summed E-state index contributed by atoms with van der Waals surface area (Å²) < 4.78 is 10.6. The topological polar surface area (TPSA) is 38.7 Å². The van der Waals surface area contributed by atoms with Crippen LogP contribution < -0.4 is 9.47 Å². The van der Waals surface area contributed by atoms with Crippen LogP contribution in [0.15, 0.2) is 48.5 Å². The molecule has 0 aliphatic rings. The quantitative estimate of drug-likeness (QED) is 0.896. The van der Waals surface area contributed by atoms with Crippen molar-refractivity contribution in [3.05, 3.63) is 59.7 Å². The molecule has 0 saturated carbocycles. The van der Waals surface area contributed by atoms with Crippen molar-refractivity contribution in [1.29, 1.82) is 0 Å². The lowest BCUT2D eigenvalue weighted by Gasteiger charge is -2.18. The van der Waals surface area contributed by atoms with Crippen LogP contribution >= 0.6 is 0 Å². The van der Waals surface area contributed by atoms with Gasteiger partial charge in [-0.3, -0.25) is 0 Å². The van der Waals surface area contributed by atoms with Gasteiger partial charge in [-0.05, 0) is 17.7 Å². The average Bonchev–Trinajstić information content (AvgIpc) is 2.47. The Labute approximate surface area is 113 Å². The van der Waals surface area contributed by atoms with E-state index in [-0.39, 0.29) is 0 Å². The van der Waals surface area contributed by atoms with Gasteiger partial charge in [0.1, 0.15) is 11.5 Å². The van der Waals surface area contributed by atoms with Crippen molar-refractivity contribution in [3.63, 3.8) is 0 Å². The van der Waals surface area contributed by atoms with Crippen molar-refractivity contribution in [2.45, 2.75) is 12.5 Å². The molecule has 0 amide bonds. The van der Waals surface area contributed by atoms with Crippen molar-refractivity contribution < 1.29 is 14.6 Å². The Bertz CT molecular complexity index is 501. The second kappa shape index (κ2) is 6.25. The van der Waals surface area contributed by atoms with Gasteiger partial charge in [-0.15, -0.1) is 0 Å². The van der Waals surface area contributed by atoms with E-state index in [4.69, 9.17) is 9.47 Å². The van der Waals surface area contributed by atoms with E-state index in [1.807, 2.05) is 48.5 Å². The Morgan fingerprint density at radius 1 is 0.895 bits per heavy atom. The van der Waals surface area contributed by atoms with E-state index in [9.17, 15) is 5.11 Å². The van der Waals surface area contributed by atoms with Crippen molar-refractivity contribution in [3.8, 4) is 11.5 Å². The van der Waals surface area contributed by atoms with Crippen LogP contribution in [-0.4, -0.2) is 19.3 Å². The van der Waals surface area contributed by atoms with Crippen LogP contribution in [0.2, 0.25) is 0 Å². The third-order valence-corrected chi connectivity index (χ3v) is 3.07. The maximum absolute atomic E-state index is 10.4. The first kappa shape index (κ1) is 13.4. The first-order valence-corrected chi connectivity index (χ1v) is 6.19. The molecular weight excluding hydrogens is 240 g/mol. The van der Waals surface area contributed by atoms with E-state index in [1.54, 1.807) is 14.2 Å². The van der Waals surface area contributed by atoms with E-state index in [0.29, 0.717) is 23.5 Å². The fourth-order valence-electron chi connectivity index (χ4n) is 2.15. The third-order valence-electron chi connectivity index (χ3n) is 3.07. The van der Waals surface area contributed by atoms with Gasteiger partial charge in [0.05, 0.1) is 25.9 Å². The number of aliphatic hydroxyl groups excluding tert-OH is 1. The van der Waals surface area contributed by atoms with Crippen LogP contribution in [0, 0.1) is 0 Å². The molecule has 0 heterocycles. The highest BCUT2D eigenvalue weighted by Crippen LogP contribution is 2.35. The Kier molecular flexibility index (Phi) is 4.42. The number of hydrogen-bond acceptors (Lipinski definition) is 3. The number of hydrogen-bond donors (Lipinski definition) is 1. The molecule has 100 valence electrons. The maximum atomic E-state index is 10.4. The van der Waals surface area contributed by atoms with Gasteiger partial charge >= 0.3 is 0 Å². The van der Waals surface area contributed by atoms with Crippen molar-refractivity contribution in [2.75, 3.05) is 14.2 Å². The van der Waals surface area contributed by atoms with Crippen LogP contribution in [0.5, 0.6) is 11.5 Å². The monoisotopic (exact) mass is 258 g/mol. The Balaban J connectivity index is 2.30. The molecule has 0 fully saturated rings. The maximum Gasteiger partial charge on any atom is 0.128 e. The van der Waals surface area contributed by atoms with E-state index in [1.165, 1.54) is 0 Å². The smallest absolute Gasteiger partial charge is 0.128 e. The predicted molar refractivity (Wildman–Crippen MR) is 74.7 cm³/mol. The molecule has 19 heavy (non-hydrogen) atoms. The zero-order valence-corrected chi connectivity index (χ0v) is 11.2. The van der Waals surface area contributed by atoms with Crippen molar-refractivity contribution in [2.24, 2.45) is 0 Å². The van der Waals surface area contributed by atoms with E-state index < -0.39 is 6.10 Å². The number of ether oxygens (including phenoxy) is 2. The summed E-state index contributed by atoms with van der Waals surface area (Å²) in [5.74, 6) is 1.28. The fraction of sp³-hybridized carbons (Fsp3) is 0.250. The van der Waals surface area contributed by atoms with Crippen LogP contribution in [0.1, 0.15) is 17.2 Å². The minimum absolute atomic E-state index is 0.525. The highest BCUT2D eigenvalue weighted by atomic mass is 16.5. The summed E-state index contributed by atoms with van der Waals surface area (Å²) in [4.78, 5) is 0. The summed E-state index contributed by atoms with van der Waals surface area (Å²) in [5.41, 5.74) is 1.76. The number of benzene rings is 2. The second-order valence-electron chi connectivity index (χ2n) is 4.28. The lowest BCUT2D eigenvalue weighted by atomic mass is 10.00. The van der Waals surface area contributed by atoms with Crippen molar-refractivity contribution in [1.82, 2.24) is 0 Å². The normalized spacial score (nSPS) is 11.9. The molecule has 1 atom stereocenters. The molecule has 0 aliphatic carbocycles. The summed E-state index contributed by atoms with van der Waals surface area (Å²) in [7, 11) is 3.18. The number of methoxy groups -OCH3 is 2. The van der Waals surface area contributed by atoms with Crippen LogP contribution in [0.4, 0.5) is 0 Å². The van der Waals surface area contributed by atoms with Gasteiger partial charge < -0.3 is 14.6 Å². The summed E-state index contributed by atoms with van der Waals surface area (Å²) in [6, 6.07) is 15.4. The summed E-state index contributed by atoms with van der Waals surface area (Å²) >= 11 is 0. The van der Waals surface area contributed by atoms with Gasteiger partial charge in [0.25, 0.3) is 0 Å². The zero-order valence-electron chi connectivity index (χ0n) is 11.2. The largest absolute Gasteiger partial charge is 0.496 e. The molecule has 1 unspecified atom stereocenters. The highest BCUT2D eigenvalue weighted by Gasteiger charge is 2.18. The Morgan fingerprint density at radius 3 is 2.00 bits per heavy atom. The molecule has 0 spiro atoms. The molecule has 0 aromatic heterocycles. The van der Waals surface area contributed by atoms with E-state index >= 15 is 0 Å². The standard InChI is InChI=1S/C16H18O3/c1-18-14-9-6-10-15(19-2)16(14)13(17)11-12-7-4-3-5-8-12/h3-10,13,17H,11H2,1-2H3. The molecule has 0 bridgehead atoms. The van der Waals surface area contributed by atoms with E-state index in [0.717, 1.165) is 5.56 Å². The van der Waals surface area contributed by atoms with Gasteiger partial charge in [0.15, 0.2) is 0 Å². The molecule has 0 radical (unpaired) electrons. The Hall–Kier alpha value is -2.00. The van der Waals surface area contributed by atoms with Gasteiger partial charge in [-0.2, -0.15) is 0 Å². The molecule has 1 N–H and O–H groups in total. The highest BCUT2D eigenvalue weighted by molar-refractivity contribution is 5.46. The van der Waals surface area contributed by atoms with Crippen LogP contribution in [0.3, 0.4) is 0 Å². The Morgan fingerprint density at radius 2 is 1.47 bits per heavy atom. The molecule has 0 aliphatic heterocycles. The van der Waals surface area contributed by atoms with Crippen LogP contribution in [-0.2, 0) is 6.42 Å². The predicted octanol–water partition coefficient (Wildman–Crippen LogP) is 2.98. The summed E-state index contributed by atoms with van der Waals surface area (Å²) in [6.45, 7) is 0. The fourth-order valence-corrected chi connectivity index (χ4v) is 2.15. The molecule has 2 aromatic carbocycles. The van der Waals surface area contributed by atoms with Gasteiger partial charge in [0.2, 0.25) is 0 Å². The zero-order chi connectivity index (χ0) is 13.7. The molecule has 2 aromatic rings. The lowest BCUT2D eigenvalue weighted by Crippen LogP contribution is -2.06. The lowest BCUT2D eigenvalue weighted by molar-refractivity contribution is 0.169. The minimum Gasteiger partial charge on any atom is -0.496 e. The molecular formula is C16H18O3. The van der Waals surface area contributed by atoms with E-state index in [2.05, 4.69) is 0 Å². The van der Waals surface area contributed by atoms with Gasteiger partial charge in [0, 0.05) is 6.42 Å². The average molecular weight is 258 g/mol. The molecule has 3 heteroatoms. The first-order chi connectivity index (χ1) is 9.26. The number of aliphatic hydroxyl groups is 1. The first-order valence-electron chi connectivity index (χ1n) is 6.19. The number of rotatable bonds is 5. The molecule has 2 rings (SSSR count). The van der Waals surface area contributed by atoms with Crippen LogP contribution in [0.25, 0.3) is 0 Å². The molecule has 0 saturated heterocycles. The summed E-state index contributed by atoms with van der Waals surface area (Å²) in [6.07, 6.45) is -0.133. The third kappa shape index (κ3) is 3.06. The van der Waals surface area contributed by atoms with Gasteiger partial charge in [-0.25, -0.2) is 0 Å². The van der Waals surface area contributed by atoms with Crippen molar-refractivity contribution >= 4 is 0 Å².